The van der Waals surface area contributed by atoms with E-state index in [4.69, 9.17) is 0 Å². The Morgan fingerprint density at radius 1 is 0.889 bits per heavy atom. The highest BCUT2D eigenvalue weighted by atomic mass is 16.2. The van der Waals surface area contributed by atoms with E-state index >= 15 is 0 Å². The summed E-state index contributed by atoms with van der Waals surface area (Å²) in [6.07, 6.45) is -0.120. The second-order valence-corrected chi connectivity index (χ2v) is 9.29. The van der Waals surface area contributed by atoms with Crippen LogP contribution < -0.4 is 21.3 Å². The van der Waals surface area contributed by atoms with E-state index in [1.165, 1.54) is 6.92 Å². The van der Waals surface area contributed by atoms with Gasteiger partial charge in [-0.2, -0.15) is 0 Å². The number of benzene rings is 2. The molecule has 9 nitrogen and oxygen atoms in total. The molecule has 1 aliphatic rings. The van der Waals surface area contributed by atoms with Gasteiger partial charge in [-0.15, -0.1) is 0 Å². The van der Waals surface area contributed by atoms with Gasteiger partial charge in [0.25, 0.3) is 0 Å². The van der Waals surface area contributed by atoms with Crippen LogP contribution in [0.1, 0.15) is 44.4 Å². The maximum Gasteiger partial charge on any atom is 0.315 e. The number of urea groups is 1. The Hall–Kier alpha value is -4.01. The van der Waals surface area contributed by atoms with Gasteiger partial charge in [0.05, 0.1) is 24.4 Å². The van der Waals surface area contributed by atoms with Crippen LogP contribution in [0.2, 0.25) is 0 Å². The number of nitrogens with one attached hydrogen (secondary N) is 4. The van der Waals surface area contributed by atoms with Gasteiger partial charge in [-0.05, 0) is 17.0 Å². The maximum absolute atomic E-state index is 13.1. The molecule has 3 rings (SSSR count). The van der Waals surface area contributed by atoms with Crippen LogP contribution in [0.3, 0.4) is 0 Å². The normalized spacial score (nSPS) is 18.8. The molecule has 5 amide bonds. The molecule has 0 spiro atoms. The SMILES string of the molecule is CC(C)[C@H](NC(=O)CC(NC(=O)NCc1ccccc1)c1ccccc1)C(=O)[C@@H]1C(=O)NC(=O)[C@H]1C. The number of carbonyl (C=O) groups is 5. The molecule has 0 bridgehead atoms. The summed E-state index contributed by atoms with van der Waals surface area (Å²) in [5.74, 6) is -4.35. The number of imide groups is 1. The minimum Gasteiger partial charge on any atom is -0.346 e. The first-order chi connectivity index (χ1) is 17.2. The van der Waals surface area contributed by atoms with E-state index in [1.807, 2.05) is 36.4 Å². The lowest BCUT2D eigenvalue weighted by Gasteiger charge is -2.26. The lowest BCUT2D eigenvalue weighted by Crippen LogP contribution is -2.50. The quantitative estimate of drug-likeness (QED) is 0.298. The molecule has 1 aliphatic heterocycles. The fourth-order valence-corrected chi connectivity index (χ4v) is 4.17. The highest BCUT2D eigenvalue weighted by molar-refractivity contribution is 6.16. The molecular formula is C27H32N4O5. The van der Waals surface area contributed by atoms with E-state index in [2.05, 4.69) is 21.3 Å². The van der Waals surface area contributed by atoms with Crippen LogP contribution in [0, 0.1) is 17.8 Å². The summed E-state index contributed by atoms with van der Waals surface area (Å²) in [4.78, 5) is 62.8. The van der Waals surface area contributed by atoms with Crippen molar-refractivity contribution in [2.24, 2.45) is 17.8 Å². The summed E-state index contributed by atoms with van der Waals surface area (Å²) in [5.41, 5.74) is 1.66. The average molecular weight is 493 g/mol. The van der Waals surface area contributed by atoms with Crippen molar-refractivity contribution < 1.29 is 24.0 Å². The largest absolute Gasteiger partial charge is 0.346 e. The van der Waals surface area contributed by atoms with Crippen LogP contribution in [0.25, 0.3) is 0 Å². The molecule has 1 unspecified atom stereocenters. The van der Waals surface area contributed by atoms with Crippen molar-refractivity contribution in [3.05, 3.63) is 71.8 Å². The Morgan fingerprint density at radius 3 is 2.06 bits per heavy atom. The molecule has 0 aliphatic carbocycles. The Morgan fingerprint density at radius 2 is 1.50 bits per heavy atom. The molecule has 2 aromatic rings. The summed E-state index contributed by atoms with van der Waals surface area (Å²) in [6.45, 7) is 5.36. The molecular weight excluding hydrogens is 460 g/mol. The van der Waals surface area contributed by atoms with E-state index in [0.29, 0.717) is 6.54 Å². The van der Waals surface area contributed by atoms with Crippen molar-refractivity contribution in [1.29, 1.82) is 0 Å². The third-order valence-electron chi connectivity index (χ3n) is 6.23. The van der Waals surface area contributed by atoms with Crippen molar-refractivity contribution in [3.8, 4) is 0 Å². The fraction of sp³-hybridized carbons (Fsp3) is 0.370. The topological polar surface area (TPSA) is 133 Å². The Labute approximate surface area is 210 Å². The van der Waals surface area contributed by atoms with Crippen molar-refractivity contribution in [1.82, 2.24) is 21.3 Å². The predicted molar refractivity (Wildman–Crippen MR) is 133 cm³/mol. The highest BCUT2D eigenvalue weighted by Gasteiger charge is 2.46. The van der Waals surface area contributed by atoms with Crippen LogP contribution in [-0.2, 0) is 25.7 Å². The maximum atomic E-state index is 13.1. The summed E-state index contributed by atoms with van der Waals surface area (Å²) < 4.78 is 0. The van der Waals surface area contributed by atoms with Crippen LogP contribution >= 0.6 is 0 Å². The second-order valence-electron chi connectivity index (χ2n) is 9.29. The van der Waals surface area contributed by atoms with E-state index in [1.54, 1.807) is 38.1 Å². The zero-order valence-electron chi connectivity index (χ0n) is 20.6. The van der Waals surface area contributed by atoms with Crippen LogP contribution in [0.15, 0.2) is 60.7 Å². The second kappa shape index (κ2) is 12.1. The molecule has 0 aromatic heterocycles. The van der Waals surface area contributed by atoms with Gasteiger partial charge in [0.15, 0.2) is 5.78 Å². The van der Waals surface area contributed by atoms with E-state index in [0.717, 1.165) is 11.1 Å². The molecule has 0 saturated carbocycles. The summed E-state index contributed by atoms with van der Waals surface area (Å²) >= 11 is 0. The third kappa shape index (κ3) is 6.78. The van der Waals surface area contributed by atoms with Gasteiger partial charge in [-0.1, -0.05) is 81.4 Å². The Bertz CT molecular complexity index is 1100. The Balaban J connectivity index is 1.68. The number of Topliss-reactive ketones (excluding diaryl/α,β-unsaturated/α-hetero) is 1. The summed E-state index contributed by atoms with van der Waals surface area (Å²) in [7, 11) is 0. The van der Waals surface area contributed by atoms with Crippen molar-refractivity contribution >= 4 is 29.5 Å². The van der Waals surface area contributed by atoms with Gasteiger partial charge < -0.3 is 16.0 Å². The summed E-state index contributed by atoms with van der Waals surface area (Å²) in [5, 5.41) is 10.5. The Kier molecular flexibility index (Phi) is 8.94. The van der Waals surface area contributed by atoms with Crippen molar-refractivity contribution in [3.63, 3.8) is 0 Å². The lowest BCUT2D eigenvalue weighted by atomic mass is 9.85. The van der Waals surface area contributed by atoms with Gasteiger partial charge >= 0.3 is 6.03 Å². The zero-order chi connectivity index (χ0) is 26.2. The first kappa shape index (κ1) is 26.6. The van der Waals surface area contributed by atoms with Gasteiger partial charge in [-0.3, -0.25) is 24.5 Å². The van der Waals surface area contributed by atoms with E-state index < -0.39 is 53.5 Å². The minimum absolute atomic E-state index is 0.120. The van der Waals surface area contributed by atoms with Crippen LogP contribution in [0.4, 0.5) is 4.79 Å². The molecule has 36 heavy (non-hydrogen) atoms. The monoisotopic (exact) mass is 492 g/mol. The van der Waals surface area contributed by atoms with Gasteiger partial charge in [-0.25, -0.2) is 4.79 Å². The molecule has 190 valence electrons. The molecule has 9 heteroatoms. The van der Waals surface area contributed by atoms with Crippen molar-refractivity contribution in [2.75, 3.05) is 0 Å². The lowest BCUT2D eigenvalue weighted by molar-refractivity contribution is -0.137. The predicted octanol–water partition coefficient (Wildman–Crippen LogP) is 2.24. The van der Waals surface area contributed by atoms with Gasteiger partial charge in [0.1, 0.15) is 5.92 Å². The molecule has 4 atom stereocenters. The molecule has 2 aromatic carbocycles. The molecule has 4 N–H and O–H groups in total. The smallest absolute Gasteiger partial charge is 0.315 e. The number of hydrogen-bond acceptors (Lipinski definition) is 5. The van der Waals surface area contributed by atoms with Crippen LogP contribution in [0.5, 0.6) is 0 Å². The summed E-state index contributed by atoms with van der Waals surface area (Å²) in [6, 6.07) is 16.4. The van der Waals surface area contributed by atoms with Crippen molar-refractivity contribution in [2.45, 2.75) is 45.8 Å². The zero-order valence-corrected chi connectivity index (χ0v) is 20.6. The van der Waals surface area contributed by atoms with Crippen LogP contribution in [-0.4, -0.2) is 35.6 Å². The first-order valence-corrected chi connectivity index (χ1v) is 12.0. The number of carbonyl (C=O) groups excluding carboxylic acids is 5. The number of amides is 5. The average Bonchev–Trinajstić information content (AvgIpc) is 3.12. The first-order valence-electron chi connectivity index (χ1n) is 12.0. The standard InChI is InChI=1S/C27H32N4O5/c1-16(2)23(24(33)22-17(3)25(34)31-26(22)35)30-21(32)14-20(19-12-8-5-9-13-19)29-27(36)28-15-18-10-6-4-7-11-18/h4-13,16-17,20,22-23H,14-15H2,1-3H3,(H,30,32)(H2,28,29,36)(H,31,34,35)/t17-,20?,22+,23-/m0/s1. The van der Waals surface area contributed by atoms with E-state index in [9.17, 15) is 24.0 Å². The van der Waals surface area contributed by atoms with Gasteiger partial charge in [0, 0.05) is 6.54 Å². The molecule has 1 saturated heterocycles. The number of rotatable bonds is 10. The molecule has 0 radical (unpaired) electrons. The van der Waals surface area contributed by atoms with E-state index in [-0.39, 0.29) is 12.3 Å². The highest BCUT2D eigenvalue weighted by Crippen LogP contribution is 2.24. The number of hydrogen-bond donors (Lipinski definition) is 4. The van der Waals surface area contributed by atoms with Gasteiger partial charge in [0.2, 0.25) is 17.7 Å². The molecule has 1 fully saturated rings. The minimum atomic E-state index is -1.14. The fourth-order valence-electron chi connectivity index (χ4n) is 4.17. The molecule has 1 heterocycles. The third-order valence-corrected chi connectivity index (χ3v) is 6.23. The number of ketones is 1.